The number of hydrogen-bond donors (Lipinski definition) is 1. The number of nitrogens with one attached hydrogen (secondary N) is 1. The van der Waals surface area contributed by atoms with Crippen molar-refractivity contribution in [2.45, 2.75) is 32.4 Å². The molecule has 41 heavy (non-hydrogen) atoms. The topological polar surface area (TPSA) is 71.7 Å². The zero-order chi connectivity index (χ0) is 28.3. The van der Waals surface area contributed by atoms with Crippen LogP contribution in [0.2, 0.25) is 0 Å². The molecule has 0 saturated heterocycles. The summed E-state index contributed by atoms with van der Waals surface area (Å²) in [5.41, 5.74) is 4.63. The van der Waals surface area contributed by atoms with Crippen molar-refractivity contribution in [3.8, 4) is 0 Å². The van der Waals surface area contributed by atoms with Crippen molar-refractivity contribution in [2.75, 3.05) is 53.5 Å². The van der Waals surface area contributed by atoms with Crippen molar-refractivity contribution in [3.63, 3.8) is 0 Å². The first-order chi connectivity index (χ1) is 20.0. The van der Waals surface area contributed by atoms with E-state index in [-0.39, 0.29) is 11.8 Å². The number of carbonyl (C=O) groups excluding carboxylic acids is 2. The molecule has 0 spiro atoms. The normalized spacial score (nSPS) is 19.3. The predicted molar refractivity (Wildman–Crippen MR) is 164 cm³/mol. The summed E-state index contributed by atoms with van der Waals surface area (Å²) in [6.45, 7) is 6.73. The third-order valence-electron chi connectivity index (χ3n) is 8.44. The second-order valence-corrected chi connectivity index (χ2v) is 11.3. The molecule has 0 atom stereocenters. The monoisotopic (exact) mass is 553 g/mol. The highest BCUT2D eigenvalue weighted by atomic mass is 16.5. The minimum absolute atomic E-state index is 0.337. The molecular formula is C33H39N5O3. The van der Waals surface area contributed by atoms with Gasteiger partial charge in [-0.3, -0.25) is 14.9 Å². The lowest BCUT2D eigenvalue weighted by Gasteiger charge is -2.18. The van der Waals surface area contributed by atoms with Crippen LogP contribution in [0.5, 0.6) is 0 Å². The van der Waals surface area contributed by atoms with E-state index in [1.807, 2.05) is 42.6 Å². The standard InChI is InChI=1S/C33H39N5O3/c1-35-14-8-3-9-20-41-21-19-36(2)16-18-38-23-27(25-11-5-7-13-29(25)38)31-30(32(39)34-33(31)40)26-22-37(17-15-35)28-12-6-4-10-24(26)28/h4-7,10-13,22-23H,3,8-9,14-21H2,1-2H3,(H,34,39,40). The molecule has 4 bridgehead atoms. The summed E-state index contributed by atoms with van der Waals surface area (Å²) in [7, 11) is 4.28. The number of amides is 2. The molecule has 0 saturated carbocycles. The SMILES string of the molecule is CN1CCCCCOCCN(C)CCn2cc(c3ccccc32)C2=C(C(=O)NC2=O)c2cn(c3ccccc23)CC1. The lowest BCUT2D eigenvalue weighted by molar-refractivity contribution is -0.122. The largest absolute Gasteiger partial charge is 0.380 e. The quantitative estimate of drug-likeness (QED) is 0.330. The van der Waals surface area contributed by atoms with Crippen molar-refractivity contribution >= 4 is 44.8 Å². The Bertz CT molecular complexity index is 1500. The first-order valence-corrected chi connectivity index (χ1v) is 14.7. The summed E-state index contributed by atoms with van der Waals surface area (Å²) < 4.78 is 10.3. The van der Waals surface area contributed by atoms with Crippen LogP contribution in [0.1, 0.15) is 30.4 Å². The van der Waals surface area contributed by atoms with Crippen LogP contribution in [0.15, 0.2) is 60.9 Å². The molecule has 1 N–H and O–H groups in total. The van der Waals surface area contributed by atoms with E-state index in [4.69, 9.17) is 4.74 Å². The Hall–Kier alpha value is -3.72. The molecule has 8 heteroatoms. The lowest BCUT2D eigenvalue weighted by atomic mass is 9.95. The number of rotatable bonds is 0. The molecule has 2 aromatic carbocycles. The highest BCUT2D eigenvalue weighted by molar-refractivity contribution is 6.50. The molecule has 2 aromatic heterocycles. The molecule has 4 heterocycles. The molecule has 0 unspecified atom stereocenters. The van der Waals surface area contributed by atoms with Gasteiger partial charge in [-0.2, -0.15) is 0 Å². The maximum atomic E-state index is 13.4. The second-order valence-electron chi connectivity index (χ2n) is 11.3. The number of carbonyl (C=O) groups is 2. The lowest BCUT2D eigenvalue weighted by Crippen LogP contribution is -2.27. The van der Waals surface area contributed by atoms with E-state index in [9.17, 15) is 9.59 Å². The number of imide groups is 1. The summed E-state index contributed by atoms with van der Waals surface area (Å²) in [6.07, 6.45) is 7.48. The number of benzene rings is 2. The van der Waals surface area contributed by atoms with Crippen molar-refractivity contribution in [1.29, 1.82) is 0 Å². The maximum absolute atomic E-state index is 13.4. The average molecular weight is 554 g/mol. The number of para-hydroxylation sites is 2. The molecule has 214 valence electrons. The fourth-order valence-electron chi connectivity index (χ4n) is 6.10. The van der Waals surface area contributed by atoms with Gasteiger partial charge in [-0.05, 0) is 52.0 Å². The van der Waals surface area contributed by atoms with Gasteiger partial charge in [-0.25, -0.2) is 0 Å². The minimum Gasteiger partial charge on any atom is -0.380 e. The number of ether oxygens (including phenoxy) is 1. The third-order valence-corrected chi connectivity index (χ3v) is 8.44. The van der Waals surface area contributed by atoms with Crippen molar-refractivity contribution < 1.29 is 14.3 Å². The molecule has 0 fully saturated rings. The van der Waals surface area contributed by atoms with Gasteiger partial charge in [0.05, 0.1) is 17.8 Å². The zero-order valence-corrected chi connectivity index (χ0v) is 24.1. The molecular weight excluding hydrogens is 514 g/mol. The Balaban J connectivity index is 1.47. The molecule has 0 radical (unpaired) electrons. The fourth-order valence-corrected chi connectivity index (χ4v) is 6.10. The van der Waals surface area contributed by atoms with Crippen LogP contribution in [0.3, 0.4) is 0 Å². The molecule has 8 nitrogen and oxygen atoms in total. The second kappa shape index (κ2) is 12.0. The van der Waals surface area contributed by atoms with Crippen LogP contribution in [0, 0.1) is 0 Å². The molecule has 6 rings (SSSR count). The fraction of sp³-hybridized carbons (Fsp3) is 0.394. The Morgan fingerprint density at radius 1 is 0.610 bits per heavy atom. The van der Waals surface area contributed by atoms with Gasteiger partial charge < -0.3 is 23.7 Å². The van der Waals surface area contributed by atoms with E-state index in [2.05, 4.69) is 56.7 Å². The molecule has 4 aromatic rings. The highest BCUT2D eigenvalue weighted by Crippen LogP contribution is 2.39. The molecule has 2 amide bonds. The van der Waals surface area contributed by atoms with Gasteiger partial charge in [-0.15, -0.1) is 0 Å². The Morgan fingerprint density at radius 2 is 1.15 bits per heavy atom. The van der Waals surface area contributed by atoms with Crippen LogP contribution < -0.4 is 5.32 Å². The number of hydrogen-bond acceptors (Lipinski definition) is 5. The summed E-state index contributed by atoms with van der Waals surface area (Å²) in [5, 5.41) is 4.57. The number of nitrogens with zero attached hydrogens (tertiary/aromatic N) is 4. The Labute approximate surface area is 241 Å². The smallest absolute Gasteiger partial charge is 0.259 e. The van der Waals surface area contributed by atoms with E-state index >= 15 is 0 Å². The van der Waals surface area contributed by atoms with E-state index in [1.54, 1.807) is 0 Å². The van der Waals surface area contributed by atoms with Crippen LogP contribution in [0.4, 0.5) is 0 Å². The average Bonchev–Trinajstić information content (AvgIpc) is 3.61. The first-order valence-electron chi connectivity index (χ1n) is 14.7. The summed E-state index contributed by atoms with van der Waals surface area (Å²) >= 11 is 0. The molecule has 2 aliphatic rings. The summed E-state index contributed by atoms with van der Waals surface area (Å²) in [5.74, 6) is -0.677. The van der Waals surface area contributed by atoms with Gasteiger partial charge in [0.15, 0.2) is 0 Å². The van der Waals surface area contributed by atoms with Gasteiger partial charge in [-0.1, -0.05) is 36.4 Å². The molecule has 0 aliphatic carbocycles. The van der Waals surface area contributed by atoms with Gasteiger partial charge in [0.25, 0.3) is 11.8 Å². The Morgan fingerprint density at radius 3 is 1.73 bits per heavy atom. The number of fused-ring (bicyclic) bond motifs is 12. The predicted octanol–water partition coefficient (Wildman–Crippen LogP) is 4.23. The van der Waals surface area contributed by atoms with E-state index < -0.39 is 0 Å². The summed E-state index contributed by atoms with van der Waals surface area (Å²) in [4.78, 5) is 31.5. The number of likely N-dealkylation sites (N-methyl/N-ethyl adjacent to an activating group) is 2. The third kappa shape index (κ3) is 5.60. The van der Waals surface area contributed by atoms with Gasteiger partial charge >= 0.3 is 0 Å². The van der Waals surface area contributed by atoms with E-state index in [0.29, 0.717) is 11.1 Å². The molecule has 2 aliphatic heterocycles. The summed E-state index contributed by atoms with van der Waals surface area (Å²) in [6, 6.07) is 16.3. The van der Waals surface area contributed by atoms with E-state index in [0.717, 1.165) is 105 Å². The number of aromatic nitrogens is 2. The zero-order valence-electron chi connectivity index (χ0n) is 24.1. The minimum atomic E-state index is -0.340. The van der Waals surface area contributed by atoms with Crippen molar-refractivity contribution in [3.05, 3.63) is 72.1 Å². The van der Waals surface area contributed by atoms with Crippen molar-refractivity contribution in [2.24, 2.45) is 0 Å². The van der Waals surface area contributed by atoms with E-state index in [1.165, 1.54) is 0 Å². The van der Waals surface area contributed by atoms with Gasteiger partial charge in [0, 0.05) is 84.7 Å². The maximum Gasteiger partial charge on any atom is 0.259 e. The van der Waals surface area contributed by atoms with Gasteiger partial charge in [0.1, 0.15) is 0 Å². The van der Waals surface area contributed by atoms with Gasteiger partial charge in [0.2, 0.25) is 0 Å². The van der Waals surface area contributed by atoms with Crippen LogP contribution in [-0.4, -0.2) is 84.2 Å². The van der Waals surface area contributed by atoms with Crippen LogP contribution in [0.25, 0.3) is 33.0 Å². The Kier molecular flexibility index (Phi) is 8.05. The van der Waals surface area contributed by atoms with Crippen LogP contribution >= 0.6 is 0 Å². The van der Waals surface area contributed by atoms with Crippen LogP contribution in [-0.2, 0) is 27.4 Å². The first kappa shape index (κ1) is 27.4. The van der Waals surface area contributed by atoms with Crippen molar-refractivity contribution in [1.82, 2.24) is 24.3 Å². The highest BCUT2D eigenvalue weighted by Gasteiger charge is 2.35.